The van der Waals surface area contributed by atoms with E-state index in [-0.39, 0.29) is 18.2 Å². The highest BCUT2D eigenvalue weighted by molar-refractivity contribution is 5.72. The summed E-state index contributed by atoms with van der Waals surface area (Å²) in [5.41, 5.74) is 1.28. The minimum atomic E-state index is -0.234. The lowest BCUT2D eigenvalue weighted by Gasteiger charge is -2.18. The highest BCUT2D eigenvalue weighted by Gasteiger charge is 2.44. The van der Waals surface area contributed by atoms with Crippen molar-refractivity contribution < 1.29 is 14.6 Å². The second kappa shape index (κ2) is 6.61. The van der Waals surface area contributed by atoms with E-state index in [1.54, 1.807) is 0 Å². The number of esters is 1. The molecule has 1 aliphatic heterocycles. The summed E-state index contributed by atoms with van der Waals surface area (Å²) >= 11 is 0. The minimum Gasteiger partial charge on any atom is -0.462 e. The number of hydrogen-bond donors (Lipinski definition) is 1. The molecule has 0 spiro atoms. The van der Waals surface area contributed by atoms with Crippen LogP contribution < -0.4 is 0 Å². The molecule has 1 N–H and O–H groups in total. The molecule has 3 heteroatoms. The highest BCUT2D eigenvalue weighted by atomic mass is 16.5. The van der Waals surface area contributed by atoms with Gasteiger partial charge in [0.15, 0.2) is 0 Å². The zero-order chi connectivity index (χ0) is 14.7. The summed E-state index contributed by atoms with van der Waals surface area (Å²) in [4.78, 5) is 11.3. The van der Waals surface area contributed by atoms with Crippen LogP contribution in [0.5, 0.6) is 0 Å². The number of hydrogen-bond acceptors (Lipinski definition) is 3. The molecule has 1 saturated heterocycles. The Morgan fingerprint density at radius 2 is 2.00 bits per heavy atom. The van der Waals surface area contributed by atoms with Gasteiger partial charge in [0.05, 0.1) is 12.5 Å². The average Bonchev–Trinajstić information content (AvgIpc) is 3.03. The Labute approximate surface area is 126 Å². The van der Waals surface area contributed by atoms with E-state index in [2.05, 4.69) is 12.1 Å². The Hall–Kier alpha value is -1.35. The van der Waals surface area contributed by atoms with E-state index < -0.39 is 0 Å². The van der Waals surface area contributed by atoms with Crippen molar-refractivity contribution in [1.82, 2.24) is 0 Å². The minimum absolute atomic E-state index is 0.0284. The van der Waals surface area contributed by atoms with Gasteiger partial charge in [-0.2, -0.15) is 0 Å². The lowest BCUT2D eigenvalue weighted by molar-refractivity contribution is -0.141. The number of aliphatic hydroxyl groups excluding tert-OH is 1. The fourth-order valence-corrected chi connectivity index (χ4v) is 3.85. The van der Waals surface area contributed by atoms with Crippen LogP contribution in [0, 0.1) is 11.8 Å². The SMILES string of the molecule is O=C1CC2C(CCC(O)CCc3ccccc3)CCC2O1. The van der Waals surface area contributed by atoms with Gasteiger partial charge < -0.3 is 9.84 Å². The molecule has 4 unspecified atom stereocenters. The highest BCUT2D eigenvalue weighted by Crippen LogP contribution is 2.43. The first kappa shape index (κ1) is 14.6. The first-order valence-electron chi connectivity index (χ1n) is 8.14. The summed E-state index contributed by atoms with van der Waals surface area (Å²) in [6.07, 6.45) is 6.31. The van der Waals surface area contributed by atoms with Crippen LogP contribution in [0.15, 0.2) is 30.3 Å². The number of aryl methyl sites for hydroxylation is 1. The topological polar surface area (TPSA) is 46.5 Å². The number of carbonyl (C=O) groups excluding carboxylic acids is 1. The molecule has 0 amide bonds. The molecule has 1 aliphatic carbocycles. The lowest BCUT2D eigenvalue weighted by atomic mass is 9.88. The normalized spacial score (nSPS) is 29.2. The third kappa shape index (κ3) is 3.65. The van der Waals surface area contributed by atoms with Gasteiger partial charge in [-0.1, -0.05) is 30.3 Å². The fraction of sp³-hybridized carbons (Fsp3) is 0.611. The molecule has 3 rings (SSSR count). The van der Waals surface area contributed by atoms with Crippen LogP contribution in [0.1, 0.15) is 44.1 Å². The second-order valence-corrected chi connectivity index (χ2v) is 6.49. The van der Waals surface area contributed by atoms with Crippen LogP contribution in [-0.4, -0.2) is 23.3 Å². The summed E-state index contributed by atoms with van der Waals surface area (Å²) in [5.74, 6) is 0.950. The lowest BCUT2D eigenvalue weighted by Crippen LogP contribution is -2.16. The van der Waals surface area contributed by atoms with Crippen molar-refractivity contribution in [3.05, 3.63) is 35.9 Å². The summed E-state index contributed by atoms with van der Waals surface area (Å²) in [5, 5.41) is 10.2. The van der Waals surface area contributed by atoms with Crippen molar-refractivity contribution in [2.75, 3.05) is 0 Å². The Morgan fingerprint density at radius 1 is 1.19 bits per heavy atom. The number of benzene rings is 1. The fourth-order valence-electron chi connectivity index (χ4n) is 3.85. The quantitative estimate of drug-likeness (QED) is 0.818. The van der Waals surface area contributed by atoms with Gasteiger partial charge in [0.2, 0.25) is 0 Å². The van der Waals surface area contributed by atoms with Crippen LogP contribution in [-0.2, 0) is 16.0 Å². The number of rotatable bonds is 6. The van der Waals surface area contributed by atoms with Gasteiger partial charge in [-0.3, -0.25) is 4.79 Å². The van der Waals surface area contributed by atoms with E-state index >= 15 is 0 Å². The molecular formula is C18H24O3. The monoisotopic (exact) mass is 288 g/mol. The number of aliphatic hydroxyl groups is 1. The third-order valence-corrected chi connectivity index (χ3v) is 5.07. The molecule has 21 heavy (non-hydrogen) atoms. The zero-order valence-electron chi connectivity index (χ0n) is 12.4. The standard InChI is InChI=1S/C18H24O3/c19-15(9-6-13-4-2-1-3-5-13)10-7-14-8-11-17-16(14)12-18(20)21-17/h1-5,14-17,19H,6-12H2. The largest absolute Gasteiger partial charge is 0.462 e. The van der Waals surface area contributed by atoms with Crippen molar-refractivity contribution in [3.8, 4) is 0 Å². The van der Waals surface area contributed by atoms with Crippen molar-refractivity contribution in [2.24, 2.45) is 11.8 Å². The van der Waals surface area contributed by atoms with Crippen LogP contribution in [0.4, 0.5) is 0 Å². The maximum absolute atomic E-state index is 11.3. The molecule has 0 radical (unpaired) electrons. The molecule has 114 valence electrons. The summed E-state index contributed by atoms with van der Waals surface area (Å²) < 4.78 is 5.33. The van der Waals surface area contributed by atoms with Crippen molar-refractivity contribution in [3.63, 3.8) is 0 Å². The van der Waals surface area contributed by atoms with Crippen LogP contribution >= 0.6 is 0 Å². The molecule has 0 aromatic heterocycles. The zero-order valence-corrected chi connectivity index (χ0v) is 12.4. The smallest absolute Gasteiger partial charge is 0.306 e. The molecule has 2 aliphatic rings. The van der Waals surface area contributed by atoms with Crippen LogP contribution in [0.2, 0.25) is 0 Å². The summed E-state index contributed by atoms with van der Waals surface area (Å²) in [6.45, 7) is 0. The van der Waals surface area contributed by atoms with E-state index in [1.807, 2.05) is 18.2 Å². The summed E-state index contributed by atoms with van der Waals surface area (Å²) in [7, 11) is 0. The van der Waals surface area contributed by atoms with Gasteiger partial charge in [0.1, 0.15) is 6.10 Å². The van der Waals surface area contributed by atoms with E-state index in [1.165, 1.54) is 5.56 Å². The number of fused-ring (bicyclic) bond motifs is 1. The molecule has 0 bridgehead atoms. The first-order valence-corrected chi connectivity index (χ1v) is 8.14. The molecule has 3 nitrogen and oxygen atoms in total. The summed E-state index contributed by atoms with van der Waals surface area (Å²) in [6, 6.07) is 10.3. The van der Waals surface area contributed by atoms with E-state index in [9.17, 15) is 9.90 Å². The third-order valence-electron chi connectivity index (χ3n) is 5.07. The molecule has 2 fully saturated rings. The van der Waals surface area contributed by atoms with Gasteiger partial charge in [-0.25, -0.2) is 0 Å². The van der Waals surface area contributed by atoms with E-state index in [0.717, 1.165) is 38.5 Å². The second-order valence-electron chi connectivity index (χ2n) is 6.49. The maximum atomic E-state index is 11.3. The predicted molar refractivity (Wildman–Crippen MR) is 80.7 cm³/mol. The maximum Gasteiger partial charge on any atom is 0.306 e. The molecule has 1 heterocycles. The number of ether oxygens (including phenoxy) is 1. The Kier molecular flexibility index (Phi) is 4.59. The van der Waals surface area contributed by atoms with Crippen LogP contribution in [0.3, 0.4) is 0 Å². The van der Waals surface area contributed by atoms with Crippen LogP contribution in [0.25, 0.3) is 0 Å². The van der Waals surface area contributed by atoms with E-state index in [0.29, 0.717) is 18.3 Å². The van der Waals surface area contributed by atoms with Gasteiger partial charge in [0, 0.05) is 5.92 Å². The molecule has 1 aromatic rings. The molecular weight excluding hydrogens is 264 g/mol. The number of carbonyl (C=O) groups is 1. The first-order chi connectivity index (χ1) is 10.2. The Balaban J connectivity index is 1.40. The average molecular weight is 288 g/mol. The Bertz CT molecular complexity index is 471. The van der Waals surface area contributed by atoms with Gasteiger partial charge in [0.25, 0.3) is 0 Å². The van der Waals surface area contributed by atoms with Crippen molar-refractivity contribution in [2.45, 2.75) is 57.2 Å². The molecule has 1 aromatic carbocycles. The van der Waals surface area contributed by atoms with E-state index in [4.69, 9.17) is 4.74 Å². The van der Waals surface area contributed by atoms with Gasteiger partial charge >= 0.3 is 5.97 Å². The van der Waals surface area contributed by atoms with Crippen molar-refractivity contribution >= 4 is 5.97 Å². The Morgan fingerprint density at radius 3 is 2.81 bits per heavy atom. The van der Waals surface area contributed by atoms with Gasteiger partial charge in [-0.05, 0) is 50.0 Å². The van der Waals surface area contributed by atoms with Gasteiger partial charge in [-0.15, -0.1) is 0 Å². The molecule has 4 atom stereocenters. The van der Waals surface area contributed by atoms with Crippen molar-refractivity contribution in [1.29, 1.82) is 0 Å². The predicted octanol–water partition coefficient (Wildman–Crippen LogP) is 3.10. The molecule has 1 saturated carbocycles.